The number of aromatic nitrogens is 3. The van der Waals surface area contributed by atoms with E-state index in [1.54, 1.807) is 11.3 Å². The van der Waals surface area contributed by atoms with Crippen LogP contribution < -0.4 is 4.90 Å². The van der Waals surface area contributed by atoms with Crippen LogP contribution >= 0.6 is 11.3 Å². The first-order valence-electron chi connectivity index (χ1n) is 7.03. The molecule has 2 saturated heterocycles. The lowest BCUT2D eigenvalue weighted by molar-refractivity contribution is 0.103. The molecule has 0 spiro atoms. The van der Waals surface area contributed by atoms with Crippen molar-refractivity contribution in [3.63, 3.8) is 0 Å². The van der Waals surface area contributed by atoms with Crippen molar-refractivity contribution in [1.29, 1.82) is 0 Å². The maximum atomic E-state index is 5.61. The molecule has 7 heteroatoms. The van der Waals surface area contributed by atoms with Crippen LogP contribution in [0.15, 0.2) is 16.1 Å². The van der Waals surface area contributed by atoms with E-state index in [1.807, 2.05) is 11.6 Å². The minimum Gasteiger partial charge on any atom is -0.370 e. The van der Waals surface area contributed by atoms with E-state index in [2.05, 4.69) is 20.0 Å². The summed E-state index contributed by atoms with van der Waals surface area (Å²) in [5, 5.41) is 7.13. The molecule has 2 fully saturated rings. The van der Waals surface area contributed by atoms with Crippen molar-refractivity contribution in [3.05, 3.63) is 23.3 Å². The molecule has 2 aromatic heterocycles. The molecule has 0 amide bonds. The van der Waals surface area contributed by atoms with E-state index in [9.17, 15) is 0 Å². The van der Waals surface area contributed by atoms with Crippen LogP contribution in [-0.4, -0.2) is 28.3 Å². The predicted octanol–water partition coefficient (Wildman–Crippen LogP) is 2.72. The van der Waals surface area contributed by atoms with Crippen LogP contribution in [0.1, 0.15) is 49.5 Å². The molecule has 2 unspecified atom stereocenters. The zero-order valence-corrected chi connectivity index (χ0v) is 11.9. The molecule has 0 bridgehead atoms. The summed E-state index contributed by atoms with van der Waals surface area (Å²) in [6.07, 6.45) is 6.07. The van der Waals surface area contributed by atoms with Crippen LogP contribution in [-0.2, 0) is 4.74 Å². The Kier molecular flexibility index (Phi) is 3.16. The highest BCUT2D eigenvalue weighted by atomic mass is 32.1. The van der Waals surface area contributed by atoms with Crippen molar-refractivity contribution in [2.24, 2.45) is 0 Å². The van der Waals surface area contributed by atoms with Gasteiger partial charge in [0.15, 0.2) is 5.13 Å². The Labute approximate surface area is 120 Å². The highest BCUT2D eigenvalue weighted by Crippen LogP contribution is 2.37. The van der Waals surface area contributed by atoms with Crippen LogP contribution in [0.25, 0.3) is 0 Å². The molecule has 0 aromatic carbocycles. The molecular formula is C13H16N4O2S. The summed E-state index contributed by atoms with van der Waals surface area (Å²) < 4.78 is 11.1. The number of nitrogens with zero attached hydrogens (tertiary/aromatic N) is 4. The average Bonchev–Trinajstić information content (AvgIpc) is 3.23. The third-order valence-corrected chi connectivity index (χ3v) is 4.69. The van der Waals surface area contributed by atoms with Crippen LogP contribution in [0, 0.1) is 0 Å². The number of hydrogen-bond acceptors (Lipinski definition) is 7. The first-order valence-corrected chi connectivity index (χ1v) is 7.91. The van der Waals surface area contributed by atoms with Crippen molar-refractivity contribution in [1.82, 2.24) is 15.1 Å². The van der Waals surface area contributed by atoms with E-state index < -0.39 is 0 Å². The van der Waals surface area contributed by atoms with E-state index in [-0.39, 0.29) is 12.1 Å². The molecule has 2 aliphatic rings. The van der Waals surface area contributed by atoms with Crippen molar-refractivity contribution >= 4 is 16.5 Å². The van der Waals surface area contributed by atoms with E-state index >= 15 is 0 Å². The fourth-order valence-corrected chi connectivity index (χ4v) is 3.62. The number of ether oxygens (including phenoxy) is 1. The van der Waals surface area contributed by atoms with Crippen molar-refractivity contribution < 1.29 is 9.26 Å². The Bertz CT molecular complexity index is 565. The zero-order valence-electron chi connectivity index (χ0n) is 11.1. The Morgan fingerprint density at radius 3 is 3.10 bits per heavy atom. The van der Waals surface area contributed by atoms with Gasteiger partial charge in [0.2, 0.25) is 11.7 Å². The molecule has 0 aliphatic carbocycles. The third-order valence-electron chi connectivity index (χ3n) is 3.88. The maximum absolute atomic E-state index is 5.61. The molecule has 4 heterocycles. The minimum atomic E-state index is 0.0159. The summed E-state index contributed by atoms with van der Waals surface area (Å²) in [6, 6.07) is 0.156. The number of rotatable bonds is 3. The largest absolute Gasteiger partial charge is 0.370 e. The zero-order chi connectivity index (χ0) is 13.4. The summed E-state index contributed by atoms with van der Waals surface area (Å²) >= 11 is 1.65. The van der Waals surface area contributed by atoms with Gasteiger partial charge in [-0.05, 0) is 25.7 Å². The number of anilines is 1. The van der Waals surface area contributed by atoms with Gasteiger partial charge < -0.3 is 14.2 Å². The van der Waals surface area contributed by atoms with E-state index in [0.29, 0.717) is 11.7 Å². The summed E-state index contributed by atoms with van der Waals surface area (Å²) in [4.78, 5) is 11.2. The van der Waals surface area contributed by atoms with E-state index in [1.165, 1.54) is 0 Å². The fraction of sp³-hybridized carbons (Fsp3) is 0.615. The number of thiazole rings is 1. The van der Waals surface area contributed by atoms with Gasteiger partial charge in [0.05, 0.1) is 0 Å². The van der Waals surface area contributed by atoms with Gasteiger partial charge in [0.25, 0.3) is 0 Å². The second-order valence-electron chi connectivity index (χ2n) is 5.16. The summed E-state index contributed by atoms with van der Waals surface area (Å²) in [5.41, 5.74) is 0. The maximum Gasteiger partial charge on any atom is 0.249 e. The lowest BCUT2D eigenvalue weighted by Gasteiger charge is -2.20. The molecule has 106 valence electrons. The van der Waals surface area contributed by atoms with Gasteiger partial charge >= 0.3 is 0 Å². The summed E-state index contributed by atoms with van der Waals surface area (Å²) in [5.74, 6) is 1.40. The molecule has 0 saturated carbocycles. The third kappa shape index (κ3) is 2.10. The lowest BCUT2D eigenvalue weighted by Crippen LogP contribution is -2.22. The molecule has 4 rings (SSSR count). The topological polar surface area (TPSA) is 64.3 Å². The van der Waals surface area contributed by atoms with Crippen molar-refractivity contribution in [2.45, 2.75) is 37.8 Å². The van der Waals surface area contributed by atoms with Crippen molar-refractivity contribution in [3.8, 4) is 0 Å². The first kappa shape index (κ1) is 12.3. The highest BCUT2D eigenvalue weighted by Gasteiger charge is 2.33. The van der Waals surface area contributed by atoms with Crippen LogP contribution in [0.5, 0.6) is 0 Å². The molecule has 0 radical (unpaired) electrons. The Balaban J connectivity index is 1.57. The Morgan fingerprint density at radius 1 is 1.30 bits per heavy atom. The van der Waals surface area contributed by atoms with Gasteiger partial charge in [0.1, 0.15) is 12.1 Å². The first-order chi connectivity index (χ1) is 9.92. The Hall–Kier alpha value is -1.47. The Morgan fingerprint density at radius 2 is 2.30 bits per heavy atom. The van der Waals surface area contributed by atoms with Gasteiger partial charge in [-0.2, -0.15) is 4.98 Å². The minimum absolute atomic E-state index is 0.0159. The molecule has 2 atom stereocenters. The molecular weight excluding hydrogens is 276 g/mol. The molecule has 2 aliphatic heterocycles. The molecule has 2 aromatic rings. The monoisotopic (exact) mass is 292 g/mol. The highest BCUT2D eigenvalue weighted by molar-refractivity contribution is 7.13. The van der Waals surface area contributed by atoms with Gasteiger partial charge in [0, 0.05) is 24.7 Å². The average molecular weight is 292 g/mol. The molecule has 20 heavy (non-hydrogen) atoms. The second kappa shape index (κ2) is 5.14. The van der Waals surface area contributed by atoms with Crippen LogP contribution in [0.2, 0.25) is 0 Å². The summed E-state index contributed by atoms with van der Waals surface area (Å²) in [7, 11) is 0. The normalized spacial score (nSPS) is 26.5. The van der Waals surface area contributed by atoms with Crippen molar-refractivity contribution in [2.75, 3.05) is 18.1 Å². The standard InChI is InChI=1S/C13H16N4O2S/c1-3-9(17(6-1)13-14-5-8-20-13)12-15-11(16-19-12)10-4-2-7-18-10/h5,8-10H,1-4,6-7H2. The quantitative estimate of drug-likeness (QED) is 0.866. The number of hydrogen-bond donors (Lipinski definition) is 0. The molecule has 0 N–H and O–H groups in total. The van der Waals surface area contributed by atoms with Crippen LogP contribution in [0.3, 0.4) is 0 Å². The van der Waals surface area contributed by atoms with Gasteiger partial charge in [-0.1, -0.05) is 5.16 Å². The van der Waals surface area contributed by atoms with Crippen LogP contribution in [0.4, 0.5) is 5.13 Å². The summed E-state index contributed by atoms with van der Waals surface area (Å²) in [6.45, 7) is 1.79. The van der Waals surface area contributed by atoms with Gasteiger partial charge in [-0.15, -0.1) is 11.3 Å². The lowest BCUT2D eigenvalue weighted by atomic mass is 10.2. The van der Waals surface area contributed by atoms with Gasteiger partial charge in [-0.25, -0.2) is 4.98 Å². The predicted molar refractivity (Wildman–Crippen MR) is 73.7 cm³/mol. The van der Waals surface area contributed by atoms with E-state index in [4.69, 9.17) is 9.26 Å². The fourth-order valence-electron chi connectivity index (χ4n) is 2.90. The van der Waals surface area contributed by atoms with Gasteiger partial charge in [-0.3, -0.25) is 0 Å². The smallest absolute Gasteiger partial charge is 0.249 e. The SMILES string of the molecule is c1csc(N2CCCC2c2nc(C3CCCO3)no2)n1. The second-order valence-corrected chi connectivity index (χ2v) is 6.03. The van der Waals surface area contributed by atoms with E-state index in [0.717, 1.165) is 44.0 Å². The molecule has 6 nitrogen and oxygen atoms in total.